The summed E-state index contributed by atoms with van der Waals surface area (Å²) in [6.07, 6.45) is -17.0. The minimum atomic E-state index is -4.43. The highest BCUT2D eigenvalue weighted by molar-refractivity contribution is 8.44. The molecule has 136 heavy (non-hydrogen) atoms. The molecule has 11 aliphatic rings. The number of aromatic amines is 3. The fourth-order valence-corrected chi connectivity index (χ4v) is 26.0. The molecule has 6 unspecified atom stereocenters. The number of hydrogen-bond acceptors (Lipinski definition) is 48. The number of aromatic nitrogens is 22. The molecular formula is C64H71F3N28O29P6S6. The summed E-state index contributed by atoms with van der Waals surface area (Å²) in [5.41, 5.74) is 33.0. The van der Waals surface area contributed by atoms with E-state index in [1.54, 1.807) is 21.3 Å². The molecule has 10 bridgehead atoms. The van der Waals surface area contributed by atoms with Crippen LogP contribution >= 0.6 is 52.6 Å². The van der Waals surface area contributed by atoms with Crippen LogP contribution in [0.3, 0.4) is 0 Å². The Balaban J connectivity index is 0.000000122. The third-order valence-corrected chi connectivity index (χ3v) is 32.7. The number of rotatable bonds is 6. The summed E-state index contributed by atoms with van der Waals surface area (Å²) in [7, 11) is 0. The minimum absolute atomic E-state index is 0.0209. The Labute approximate surface area is 784 Å². The van der Waals surface area contributed by atoms with Crippen LogP contribution in [0.15, 0.2) is 82.8 Å². The zero-order chi connectivity index (χ0) is 95.3. The molecule has 0 aliphatic carbocycles. The van der Waals surface area contributed by atoms with E-state index in [2.05, 4.69) is 92.3 Å². The van der Waals surface area contributed by atoms with Crippen molar-refractivity contribution in [1.29, 1.82) is 0 Å². The van der Waals surface area contributed by atoms with E-state index < -0.39 is 230 Å². The number of pyridine rings is 3. The van der Waals surface area contributed by atoms with Crippen LogP contribution in [0.2, 0.25) is 0 Å². The second kappa shape index (κ2) is 35.1. The molecule has 0 amide bonds. The Morgan fingerprint density at radius 2 is 0.794 bits per heavy atom. The first-order valence-corrected chi connectivity index (χ1v) is 55.6. The number of ether oxygens (including phenoxy) is 8. The standard InChI is InChI=1S/2C22H24FN9O10P2S2.C20H23FN10O9P2S2/c2*23-10-9-3-37-43(34,45)42-15-14-20(31-6-27-11-8(24)1-2-26-16(11)31)40-22(15,4-36-14)5-38-44(35,46)41-13(10)19(39-9)32-7-28-12-17(32)29-21(25)30-18(12)33;21-11-14-10(38-19(11)31-15-12(28-29-31)8(22)1-2-24-15)5-36-41(33,43)39-9-3-7(4-35-42(34,44)40-14)37-18(9)30-6-25-13-16(30)26-20(23)27-17(13)32/h2*1-2,6-7,9-10,13-15,19-20H,3-5H2,(H2,24,26)(H,34,45)(H,35,46)(H3,25,29,30,33);1-2,6-7,9-11,14,18-19H,3-5H2,(H2,22,24)(H,33,43)(H,34,44)(H3,23,26,27,32)/t2*9-,10-,13-,14-,15+,19-,20-,22-,43?,44?;7-,9+,10+,11-,14+,18+,19+,41?,42?/m110/s1. The second-order valence-corrected chi connectivity index (χ2v) is 48.8. The van der Waals surface area contributed by atoms with Crippen LogP contribution in [-0.2, 0) is 156 Å². The van der Waals surface area contributed by atoms with Gasteiger partial charge in [0.05, 0.1) is 108 Å². The highest BCUT2D eigenvalue weighted by Crippen LogP contribution is 2.64. The molecule has 12 aromatic heterocycles. The predicted octanol–water partition coefficient (Wildman–Crippen LogP) is 0.482. The third-order valence-electron chi connectivity index (χ3n) is 23.3. The summed E-state index contributed by atoms with van der Waals surface area (Å²) < 4.78 is 187. The first-order valence-electron chi connectivity index (χ1n) is 39.9. The van der Waals surface area contributed by atoms with Crippen molar-refractivity contribution >= 4 is 214 Å². The number of hydrogen-bond donors (Lipinski definition) is 15. The molecule has 0 radical (unpaired) electrons. The van der Waals surface area contributed by atoms with Crippen molar-refractivity contribution in [2.45, 2.75) is 147 Å². The SMILES string of the molecule is Nc1nc2c(ncn2[C@@H]2O[C@@H]3COP(O)(=S)O[C@H]4[C@H](F)[C@H](n5nnc6c(N)ccnc65)O[C@@H]4COP(O)(=S)O[C@@H]2C3)c(=O)[nH]1.Nc1nc2c(ncn2[C@@H]2O[C@@H]3COP(O)(=S)O[C@H]4[C@H]5OC[C@]4(COP(=O)(S)O[C@@H]2[C@@H]3F)O[C@H]5n2cnc3c(N)ccnc32)c(=O)[nH]1.Nc1nc2c(ncn2[C@@H]2O[C@@H]3COP(O)(=S)O[C@H]4[C@H]5OC[C@]4(COP(O)(=S)O[C@@H]2[C@@H]3F)O[C@H]5n2cnc3c(N)ccnc32)c(=O)[nH]1. The number of nitrogens with zero attached hydrogens (tertiary/aromatic N) is 19. The van der Waals surface area contributed by atoms with E-state index in [4.69, 9.17) is 186 Å². The van der Waals surface area contributed by atoms with Gasteiger partial charge in [-0.25, -0.2) is 57.6 Å². The maximum absolute atomic E-state index is 16.0. The number of H-pyrrole nitrogens is 3. The van der Waals surface area contributed by atoms with Crippen molar-refractivity contribution in [2.75, 3.05) is 87.3 Å². The van der Waals surface area contributed by atoms with Crippen molar-refractivity contribution in [3.63, 3.8) is 0 Å². The van der Waals surface area contributed by atoms with E-state index >= 15 is 13.2 Å². The smallest absolute Gasteiger partial charge is 0.386 e. The largest absolute Gasteiger partial charge is 0.397 e. The number of imidazole rings is 5. The minimum Gasteiger partial charge on any atom is -0.397 e. The highest BCUT2D eigenvalue weighted by atomic mass is 32.7. The number of halogens is 3. The van der Waals surface area contributed by atoms with E-state index in [-0.39, 0.29) is 94.4 Å². The lowest BCUT2D eigenvalue weighted by molar-refractivity contribution is -0.183. The van der Waals surface area contributed by atoms with E-state index in [1.165, 1.54) is 63.7 Å². The summed E-state index contributed by atoms with van der Waals surface area (Å²) in [6.45, 7) is -28.6. The number of fused-ring (bicyclic) bond motifs is 13. The fraction of sp³-hybridized carbons (Fsp3) is 0.500. The number of nitrogens with two attached hydrogens (primary N) is 6. The van der Waals surface area contributed by atoms with Crippen LogP contribution in [0.4, 0.5) is 48.1 Å². The van der Waals surface area contributed by atoms with Gasteiger partial charge >= 0.3 is 40.4 Å². The Bertz CT molecular complexity index is 7030. The summed E-state index contributed by atoms with van der Waals surface area (Å²) >= 11 is 30.5. The van der Waals surface area contributed by atoms with Gasteiger partial charge in [-0.3, -0.25) is 79.3 Å². The summed E-state index contributed by atoms with van der Waals surface area (Å²) in [5.74, 6) is -0.631. The van der Waals surface area contributed by atoms with Crippen LogP contribution in [0.1, 0.15) is 43.8 Å². The molecule has 23 rings (SSSR count). The van der Waals surface area contributed by atoms with Crippen LogP contribution in [0.25, 0.3) is 67.0 Å². The van der Waals surface area contributed by atoms with Gasteiger partial charge < -0.3 is 124 Å². The van der Waals surface area contributed by atoms with Gasteiger partial charge in [0, 0.05) is 25.0 Å². The maximum Gasteiger partial charge on any atom is 0.386 e. The van der Waals surface area contributed by atoms with Crippen molar-refractivity contribution in [1.82, 2.24) is 108 Å². The number of nitrogen functional groups attached to an aromatic ring is 6. The molecule has 11 fully saturated rings. The number of anilines is 6. The zero-order valence-electron chi connectivity index (χ0n) is 68.1. The van der Waals surface area contributed by atoms with Crippen molar-refractivity contribution in [3.05, 3.63) is 99.5 Å². The second-order valence-electron chi connectivity index (χ2n) is 31.9. The van der Waals surface area contributed by atoms with Crippen LogP contribution < -0.4 is 51.1 Å². The molecule has 20 N–H and O–H groups in total. The first kappa shape index (κ1) is 94.5. The molecule has 29 atom stereocenters. The Kier molecular flexibility index (Phi) is 24.4. The van der Waals surface area contributed by atoms with E-state index in [0.717, 1.165) is 11.0 Å². The maximum atomic E-state index is 16.0. The Morgan fingerprint density at radius 3 is 1.29 bits per heavy atom. The molecule has 0 saturated carbocycles. The summed E-state index contributed by atoms with van der Waals surface area (Å²) in [6, 6.07) is 4.70. The molecule has 728 valence electrons. The third kappa shape index (κ3) is 17.3. The van der Waals surface area contributed by atoms with E-state index in [9.17, 15) is 43.4 Å². The normalized spacial score (nSPS) is 38.7. The van der Waals surface area contributed by atoms with Gasteiger partial charge in [-0.1, -0.05) is 17.5 Å². The average Bonchev–Trinajstić information content (AvgIpc) is 1.56. The van der Waals surface area contributed by atoms with E-state index in [0.29, 0.717) is 33.7 Å². The van der Waals surface area contributed by atoms with Gasteiger partial charge in [0.25, 0.3) is 16.7 Å². The van der Waals surface area contributed by atoms with Gasteiger partial charge in [-0.15, -0.1) is 5.10 Å². The molecule has 72 heteroatoms. The lowest BCUT2D eigenvalue weighted by Crippen LogP contribution is -2.45. The lowest BCUT2D eigenvalue weighted by atomic mass is 10.0. The topological polar surface area (TPSA) is 755 Å². The molecule has 57 nitrogen and oxygen atoms in total. The van der Waals surface area contributed by atoms with Crippen LogP contribution in [0, 0.1) is 0 Å². The van der Waals surface area contributed by atoms with Crippen LogP contribution in [-0.4, -0.2) is 288 Å². The number of thiol groups is 1. The number of nitrogens with one attached hydrogen (secondary N) is 3. The fourth-order valence-electron chi connectivity index (χ4n) is 17.3. The molecule has 0 aromatic carbocycles. The quantitative estimate of drug-likeness (QED) is 0.0795. The molecule has 11 saturated heterocycles. The van der Waals surface area contributed by atoms with Gasteiger partial charge in [-0.05, 0) is 77.2 Å². The lowest BCUT2D eigenvalue weighted by Gasteiger charge is -2.33. The number of alkyl halides is 3. The molecule has 0 spiro atoms. The average molecular weight is 2130 g/mol. The first-order chi connectivity index (χ1) is 64.6. The van der Waals surface area contributed by atoms with Crippen LogP contribution in [0.5, 0.6) is 0 Å². The Hall–Kier alpha value is -7.74. The van der Waals surface area contributed by atoms with E-state index in [1.807, 2.05) is 0 Å². The zero-order valence-corrected chi connectivity index (χ0v) is 78.5. The van der Waals surface area contributed by atoms with Crippen molar-refractivity contribution < 1.29 is 134 Å². The van der Waals surface area contributed by atoms with Gasteiger partial charge in [-0.2, -0.15) is 19.6 Å². The highest BCUT2D eigenvalue weighted by Gasteiger charge is 2.68. The summed E-state index contributed by atoms with van der Waals surface area (Å²) in [4.78, 5) is 145. The summed E-state index contributed by atoms with van der Waals surface area (Å²) in [5, 5.41) is 7.88. The molecule has 12 aromatic rings. The van der Waals surface area contributed by atoms with Crippen molar-refractivity contribution in [2.24, 2.45) is 0 Å². The van der Waals surface area contributed by atoms with Gasteiger partial charge in [0.1, 0.15) is 89.4 Å². The predicted molar refractivity (Wildman–Crippen MR) is 475 cm³/mol. The molecule has 23 heterocycles. The van der Waals surface area contributed by atoms with Gasteiger partial charge in [0.15, 0.2) is 112 Å². The molecule has 11 aliphatic heterocycles. The van der Waals surface area contributed by atoms with Gasteiger partial charge in [0.2, 0.25) is 17.8 Å². The monoisotopic (exact) mass is 2130 g/mol. The molecular weight excluding hydrogens is 2060 g/mol. The van der Waals surface area contributed by atoms with Crippen molar-refractivity contribution in [3.8, 4) is 0 Å². The Morgan fingerprint density at radius 1 is 0.404 bits per heavy atom.